The van der Waals surface area contributed by atoms with E-state index in [1.165, 1.54) is 6.33 Å². The molecule has 1 aromatic heterocycles. The Hall–Kier alpha value is -1.82. The Morgan fingerprint density at radius 1 is 1.18 bits per heavy atom. The van der Waals surface area contributed by atoms with Gasteiger partial charge in [-0.15, -0.1) is 10.2 Å². The van der Waals surface area contributed by atoms with Crippen LogP contribution in [-0.2, 0) is 15.6 Å². The van der Waals surface area contributed by atoms with Crippen LogP contribution >= 0.6 is 0 Å². The molecule has 5 nitrogen and oxygen atoms in total. The Labute approximate surface area is 99.5 Å². The Kier molecular flexibility index (Phi) is 3.14. The van der Waals surface area contributed by atoms with Crippen molar-refractivity contribution in [3.8, 4) is 0 Å². The summed E-state index contributed by atoms with van der Waals surface area (Å²) < 4.78 is 24.2. The second-order valence-corrected chi connectivity index (χ2v) is 5.50. The van der Waals surface area contributed by atoms with Crippen molar-refractivity contribution in [2.75, 3.05) is 0 Å². The zero-order valence-corrected chi connectivity index (χ0v) is 10.1. The zero-order chi connectivity index (χ0) is 12.3. The van der Waals surface area contributed by atoms with E-state index in [2.05, 4.69) is 15.2 Å². The number of rotatable bonds is 3. The number of hydrogen-bond donors (Lipinski definition) is 0. The predicted octanol–water partition coefficient (Wildman–Crippen LogP) is 1.15. The van der Waals surface area contributed by atoms with Crippen LogP contribution in [0.4, 0.5) is 0 Å². The molecule has 1 heterocycles. The molecule has 0 aliphatic heterocycles. The lowest BCUT2D eigenvalue weighted by Crippen LogP contribution is -2.11. The standard InChI is InChI=1S/C11H11N3O2S/c1-9-11(14-13-8-12-9)17(15,16)7-10-5-3-2-4-6-10/h2-6,8H,7H2,1H3. The molecule has 6 heteroatoms. The van der Waals surface area contributed by atoms with Crippen LogP contribution in [0.2, 0.25) is 0 Å². The topological polar surface area (TPSA) is 72.8 Å². The molecule has 2 aromatic rings. The average Bonchev–Trinajstić information content (AvgIpc) is 2.30. The van der Waals surface area contributed by atoms with E-state index in [4.69, 9.17) is 0 Å². The maximum Gasteiger partial charge on any atom is 0.203 e. The van der Waals surface area contributed by atoms with Gasteiger partial charge in [0, 0.05) is 0 Å². The molecular formula is C11H11N3O2S. The van der Waals surface area contributed by atoms with Crippen LogP contribution < -0.4 is 0 Å². The van der Waals surface area contributed by atoms with E-state index in [-0.39, 0.29) is 10.8 Å². The zero-order valence-electron chi connectivity index (χ0n) is 9.24. The van der Waals surface area contributed by atoms with Gasteiger partial charge in [-0.05, 0) is 12.5 Å². The summed E-state index contributed by atoms with van der Waals surface area (Å²) in [6.07, 6.45) is 1.23. The van der Waals surface area contributed by atoms with E-state index < -0.39 is 9.84 Å². The van der Waals surface area contributed by atoms with Crippen molar-refractivity contribution >= 4 is 9.84 Å². The molecule has 0 radical (unpaired) electrons. The molecule has 0 aliphatic carbocycles. The van der Waals surface area contributed by atoms with Crippen molar-refractivity contribution in [2.24, 2.45) is 0 Å². The maximum absolute atomic E-state index is 12.1. The Balaban J connectivity index is 2.36. The van der Waals surface area contributed by atoms with Crippen LogP contribution in [0.5, 0.6) is 0 Å². The van der Waals surface area contributed by atoms with Crippen molar-refractivity contribution in [3.63, 3.8) is 0 Å². The predicted molar refractivity (Wildman–Crippen MR) is 61.9 cm³/mol. The highest BCUT2D eigenvalue weighted by Crippen LogP contribution is 2.15. The summed E-state index contributed by atoms with van der Waals surface area (Å²) in [6.45, 7) is 1.60. The monoisotopic (exact) mass is 249 g/mol. The molecule has 2 rings (SSSR count). The first-order valence-corrected chi connectivity index (χ1v) is 6.66. The summed E-state index contributed by atoms with van der Waals surface area (Å²) in [5.41, 5.74) is 1.09. The van der Waals surface area contributed by atoms with Gasteiger partial charge in [0.25, 0.3) is 0 Å². The van der Waals surface area contributed by atoms with Crippen molar-refractivity contribution in [3.05, 3.63) is 47.9 Å². The minimum Gasteiger partial charge on any atom is -0.237 e. The molecule has 0 N–H and O–H groups in total. The molecule has 0 unspecified atom stereocenters. The van der Waals surface area contributed by atoms with Gasteiger partial charge in [-0.3, -0.25) is 0 Å². The van der Waals surface area contributed by atoms with E-state index >= 15 is 0 Å². The largest absolute Gasteiger partial charge is 0.237 e. The smallest absolute Gasteiger partial charge is 0.203 e. The molecule has 0 fully saturated rings. The Morgan fingerprint density at radius 3 is 2.53 bits per heavy atom. The van der Waals surface area contributed by atoms with Crippen LogP contribution in [-0.4, -0.2) is 23.6 Å². The molecule has 0 spiro atoms. The highest BCUT2D eigenvalue weighted by molar-refractivity contribution is 7.90. The SMILES string of the molecule is Cc1ncnnc1S(=O)(=O)Cc1ccccc1. The first-order chi connectivity index (χ1) is 8.09. The maximum atomic E-state index is 12.1. The van der Waals surface area contributed by atoms with E-state index in [1.54, 1.807) is 31.2 Å². The van der Waals surface area contributed by atoms with Gasteiger partial charge in [-0.2, -0.15) is 0 Å². The fourth-order valence-electron chi connectivity index (χ4n) is 1.47. The van der Waals surface area contributed by atoms with Gasteiger partial charge in [0.05, 0.1) is 11.4 Å². The molecule has 0 atom stereocenters. The Bertz CT molecular complexity index is 612. The second-order valence-electron chi connectivity index (χ2n) is 3.60. The van der Waals surface area contributed by atoms with Crippen molar-refractivity contribution in [2.45, 2.75) is 17.7 Å². The number of nitrogens with zero attached hydrogens (tertiary/aromatic N) is 3. The van der Waals surface area contributed by atoms with E-state index in [1.807, 2.05) is 6.07 Å². The molecule has 0 amide bonds. The first kappa shape index (κ1) is 11.7. The highest BCUT2D eigenvalue weighted by atomic mass is 32.2. The number of hydrogen-bond acceptors (Lipinski definition) is 5. The minimum atomic E-state index is -3.48. The fraction of sp³-hybridized carbons (Fsp3) is 0.182. The quantitative estimate of drug-likeness (QED) is 0.816. The van der Waals surface area contributed by atoms with E-state index in [0.717, 1.165) is 5.56 Å². The summed E-state index contributed by atoms with van der Waals surface area (Å²) in [6, 6.07) is 8.96. The summed E-state index contributed by atoms with van der Waals surface area (Å²) >= 11 is 0. The molecule has 88 valence electrons. The Morgan fingerprint density at radius 2 is 1.88 bits per heavy atom. The molecule has 0 saturated carbocycles. The first-order valence-electron chi connectivity index (χ1n) is 5.00. The molecule has 0 bridgehead atoms. The van der Waals surface area contributed by atoms with Crippen molar-refractivity contribution < 1.29 is 8.42 Å². The van der Waals surface area contributed by atoms with E-state index in [9.17, 15) is 8.42 Å². The van der Waals surface area contributed by atoms with Crippen molar-refractivity contribution in [1.29, 1.82) is 0 Å². The summed E-state index contributed by atoms with van der Waals surface area (Å²) in [7, 11) is -3.48. The lowest BCUT2D eigenvalue weighted by molar-refractivity contribution is 0.586. The minimum absolute atomic E-state index is 0.0520. The average molecular weight is 249 g/mol. The molecule has 17 heavy (non-hydrogen) atoms. The van der Waals surface area contributed by atoms with Crippen molar-refractivity contribution in [1.82, 2.24) is 15.2 Å². The van der Waals surface area contributed by atoms with Gasteiger partial charge in [0.1, 0.15) is 6.33 Å². The molecule has 0 aliphatic rings. The summed E-state index contributed by atoms with van der Waals surface area (Å²) in [5.74, 6) is -0.0882. The van der Waals surface area contributed by atoms with E-state index in [0.29, 0.717) is 5.69 Å². The fourth-order valence-corrected chi connectivity index (χ4v) is 2.91. The normalized spacial score (nSPS) is 11.4. The number of benzene rings is 1. The van der Waals surface area contributed by atoms with Gasteiger partial charge in [-0.1, -0.05) is 30.3 Å². The second kappa shape index (κ2) is 4.58. The lowest BCUT2D eigenvalue weighted by Gasteiger charge is -2.04. The third-order valence-electron chi connectivity index (χ3n) is 2.26. The van der Waals surface area contributed by atoms with Crippen LogP contribution in [0.3, 0.4) is 0 Å². The van der Waals surface area contributed by atoms with Gasteiger partial charge < -0.3 is 0 Å². The number of sulfone groups is 1. The number of aryl methyl sites for hydroxylation is 1. The van der Waals surface area contributed by atoms with Gasteiger partial charge in [-0.25, -0.2) is 13.4 Å². The lowest BCUT2D eigenvalue weighted by atomic mass is 10.2. The van der Waals surface area contributed by atoms with Crippen LogP contribution in [0, 0.1) is 6.92 Å². The highest BCUT2D eigenvalue weighted by Gasteiger charge is 2.20. The van der Waals surface area contributed by atoms with Crippen LogP contribution in [0.25, 0.3) is 0 Å². The molecule has 0 saturated heterocycles. The number of aromatic nitrogens is 3. The van der Waals surface area contributed by atoms with Crippen LogP contribution in [0.1, 0.15) is 11.3 Å². The van der Waals surface area contributed by atoms with Gasteiger partial charge in [0.2, 0.25) is 9.84 Å². The summed E-state index contributed by atoms with van der Waals surface area (Å²) in [4.78, 5) is 3.83. The van der Waals surface area contributed by atoms with Gasteiger partial charge >= 0.3 is 0 Å². The molecule has 1 aromatic carbocycles. The molecular weight excluding hydrogens is 238 g/mol. The third-order valence-corrected chi connectivity index (χ3v) is 3.93. The van der Waals surface area contributed by atoms with Crippen LogP contribution in [0.15, 0.2) is 41.7 Å². The summed E-state index contributed by atoms with van der Waals surface area (Å²) in [5, 5.41) is 7.11. The van der Waals surface area contributed by atoms with Gasteiger partial charge in [0.15, 0.2) is 5.03 Å². The third kappa shape index (κ3) is 2.65.